The van der Waals surface area contributed by atoms with Gasteiger partial charge in [-0.1, -0.05) is 48.5 Å². The molecule has 1 aromatic heterocycles. The third-order valence-corrected chi connectivity index (χ3v) is 10.1. The fraction of sp³-hybridized carbons (Fsp3) is 0.424. The summed E-state index contributed by atoms with van der Waals surface area (Å²) in [5, 5.41) is 16.1. The normalized spacial score (nSPS) is 33.3. The SMILES string of the molecule is CN1C[C@H](C(=O)N[C@]2(C)O[C@]3(O)[C@@H]4CCCN4C(=O)[C@H](Cc4ccccc4)N3C2=O)C=C2c3cccc4[nH]cc(c34)C[C@@H]21. The number of carbonyl (C=O) groups is 3. The van der Waals surface area contributed by atoms with Crippen molar-refractivity contribution in [3.63, 3.8) is 0 Å². The van der Waals surface area contributed by atoms with Crippen molar-refractivity contribution in [3.8, 4) is 0 Å². The van der Waals surface area contributed by atoms with Crippen molar-refractivity contribution in [2.75, 3.05) is 20.1 Å². The Balaban J connectivity index is 1.11. The van der Waals surface area contributed by atoms with E-state index in [1.165, 1.54) is 22.8 Å². The monoisotopic (exact) mass is 581 g/mol. The molecule has 3 aromatic rings. The first-order valence-corrected chi connectivity index (χ1v) is 15.1. The van der Waals surface area contributed by atoms with Crippen LogP contribution in [0.5, 0.6) is 0 Å². The Morgan fingerprint density at radius 2 is 1.98 bits per heavy atom. The van der Waals surface area contributed by atoms with Crippen LogP contribution < -0.4 is 5.32 Å². The molecule has 6 atom stereocenters. The number of aliphatic hydroxyl groups is 1. The highest BCUT2D eigenvalue weighted by atomic mass is 16.7. The second-order valence-corrected chi connectivity index (χ2v) is 12.8. The number of carbonyl (C=O) groups excluding carboxylic acids is 3. The third-order valence-electron chi connectivity index (χ3n) is 10.1. The van der Waals surface area contributed by atoms with Crippen LogP contribution in [-0.4, -0.2) is 92.4 Å². The summed E-state index contributed by atoms with van der Waals surface area (Å²) in [6.45, 7) is 2.45. The summed E-state index contributed by atoms with van der Waals surface area (Å²) in [5.41, 5.74) is 3.58. The minimum atomic E-state index is -2.04. The van der Waals surface area contributed by atoms with Crippen molar-refractivity contribution in [1.29, 1.82) is 0 Å². The number of amides is 3. The molecule has 8 rings (SSSR count). The molecule has 0 radical (unpaired) electrons. The van der Waals surface area contributed by atoms with Gasteiger partial charge in [-0.05, 0) is 61.6 Å². The van der Waals surface area contributed by atoms with Crippen LogP contribution >= 0.6 is 0 Å². The van der Waals surface area contributed by atoms with Gasteiger partial charge in [0.25, 0.3) is 11.8 Å². The average Bonchev–Trinajstić information content (AvgIpc) is 3.70. The van der Waals surface area contributed by atoms with E-state index in [0.717, 1.165) is 28.6 Å². The van der Waals surface area contributed by atoms with E-state index in [1.54, 1.807) is 4.90 Å². The van der Waals surface area contributed by atoms with E-state index < -0.39 is 35.5 Å². The van der Waals surface area contributed by atoms with E-state index in [2.05, 4.69) is 33.5 Å². The second-order valence-electron chi connectivity index (χ2n) is 12.8. The molecule has 10 heteroatoms. The molecular weight excluding hydrogens is 546 g/mol. The van der Waals surface area contributed by atoms with Crippen LogP contribution in [0.25, 0.3) is 16.5 Å². The quantitative estimate of drug-likeness (QED) is 0.434. The number of hydrogen-bond acceptors (Lipinski definition) is 6. The molecule has 5 aliphatic rings. The number of rotatable bonds is 4. The third kappa shape index (κ3) is 3.79. The highest BCUT2D eigenvalue weighted by Gasteiger charge is 2.70. The smallest absolute Gasteiger partial charge is 0.280 e. The number of ether oxygens (including phenoxy) is 1. The van der Waals surface area contributed by atoms with Gasteiger partial charge in [0, 0.05) is 42.7 Å². The fourth-order valence-electron chi connectivity index (χ4n) is 8.12. The molecule has 3 fully saturated rings. The number of hydrogen-bond donors (Lipinski definition) is 3. The molecule has 3 N–H and O–H groups in total. The number of nitrogens with zero attached hydrogens (tertiary/aromatic N) is 3. The highest BCUT2D eigenvalue weighted by molar-refractivity contribution is 6.00. The zero-order valence-electron chi connectivity index (χ0n) is 24.2. The van der Waals surface area contributed by atoms with Gasteiger partial charge < -0.3 is 20.3 Å². The molecule has 222 valence electrons. The number of H-pyrrole nitrogens is 1. The minimum Gasteiger partial charge on any atom is -0.361 e. The predicted octanol–water partition coefficient (Wildman–Crippen LogP) is 1.99. The summed E-state index contributed by atoms with van der Waals surface area (Å²) in [4.78, 5) is 50.2. The zero-order chi connectivity index (χ0) is 29.7. The molecule has 4 aliphatic heterocycles. The van der Waals surface area contributed by atoms with Gasteiger partial charge in [0.2, 0.25) is 17.5 Å². The van der Waals surface area contributed by atoms with Crippen LogP contribution in [0.4, 0.5) is 0 Å². The summed E-state index contributed by atoms with van der Waals surface area (Å²) in [5.74, 6) is -3.77. The lowest BCUT2D eigenvalue weighted by Crippen LogP contribution is -2.71. The Hall–Kier alpha value is -3.99. The van der Waals surface area contributed by atoms with Crippen molar-refractivity contribution in [1.82, 2.24) is 25.0 Å². The van der Waals surface area contributed by atoms with Crippen molar-refractivity contribution in [3.05, 3.63) is 77.5 Å². The Morgan fingerprint density at radius 1 is 1.16 bits per heavy atom. The van der Waals surface area contributed by atoms with Gasteiger partial charge >= 0.3 is 0 Å². The van der Waals surface area contributed by atoms with Crippen LogP contribution in [0.15, 0.2) is 60.8 Å². The van der Waals surface area contributed by atoms with Crippen LogP contribution in [-0.2, 0) is 32.0 Å². The number of aromatic amines is 1. The van der Waals surface area contributed by atoms with Crippen LogP contribution in [0.1, 0.15) is 36.5 Å². The molecule has 10 nitrogen and oxygen atoms in total. The summed E-state index contributed by atoms with van der Waals surface area (Å²) < 4.78 is 6.23. The van der Waals surface area contributed by atoms with E-state index in [4.69, 9.17) is 4.74 Å². The van der Waals surface area contributed by atoms with Crippen LogP contribution in [0.3, 0.4) is 0 Å². The van der Waals surface area contributed by atoms with Gasteiger partial charge in [0.05, 0.1) is 5.92 Å². The molecule has 5 heterocycles. The van der Waals surface area contributed by atoms with E-state index in [1.807, 2.05) is 49.5 Å². The molecule has 0 unspecified atom stereocenters. The number of piperazine rings is 1. The van der Waals surface area contributed by atoms with Gasteiger partial charge in [0.15, 0.2) is 0 Å². The standard InChI is InChI=1S/C33H35N5O5/c1-32(35-29(39)21-15-23-22-10-6-11-24-28(22)20(17-34-24)16-25(23)36(2)18-21)31(41)38-26(14-19-8-4-3-5-9-19)30(40)37-13-7-12-27(37)33(38,42)43-32/h3-6,8-11,15,17,21,25-27,34,42H,7,12-14,16,18H2,1-2H3,(H,35,39)/t21-,25+,26+,27+,32-,33-/m1/s1. The lowest BCUT2D eigenvalue weighted by molar-refractivity contribution is -0.315. The van der Waals surface area contributed by atoms with Gasteiger partial charge in [-0.2, -0.15) is 0 Å². The Kier molecular flexibility index (Phi) is 5.73. The Bertz CT molecular complexity index is 1700. The average molecular weight is 582 g/mol. The topological polar surface area (TPSA) is 118 Å². The molecule has 1 aliphatic carbocycles. The van der Waals surface area contributed by atoms with Gasteiger partial charge in [-0.3, -0.25) is 28.9 Å². The zero-order valence-corrected chi connectivity index (χ0v) is 24.2. The van der Waals surface area contributed by atoms with Crippen molar-refractivity contribution in [2.24, 2.45) is 5.92 Å². The number of aromatic nitrogens is 1. The molecule has 3 amide bonds. The first-order chi connectivity index (χ1) is 20.7. The maximum Gasteiger partial charge on any atom is 0.280 e. The summed E-state index contributed by atoms with van der Waals surface area (Å²) in [6, 6.07) is 14.1. The molecule has 43 heavy (non-hydrogen) atoms. The van der Waals surface area contributed by atoms with Crippen LogP contribution in [0.2, 0.25) is 0 Å². The Labute approximate surface area is 249 Å². The minimum absolute atomic E-state index is 0.144. The maximum absolute atomic E-state index is 14.2. The lowest BCUT2D eigenvalue weighted by atomic mass is 9.79. The van der Waals surface area contributed by atoms with Crippen molar-refractivity contribution in [2.45, 2.75) is 62.4 Å². The van der Waals surface area contributed by atoms with E-state index in [0.29, 0.717) is 25.9 Å². The summed E-state index contributed by atoms with van der Waals surface area (Å²) in [7, 11) is 2.02. The summed E-state index contributed by atoms with van der Waals surface area (Å²) in [6.07, 6.45) is 6.38. The molecule has 0 spiro atoms. The predicted molar refractivity (Wildman–Crippen MR) is 158 cm³/mol. The van der Waals surface area contributed by atoms with Gasteiger partial charge in [-0.15, -0.1) is 0 Å². The highest BCUT2D eigenvalue weighted by Crippen LogP contribution is 2.46. The molecule has 0 bridgehead atoms. The van der Waals surface area contributed by atoms with Gasteiger partial charge in [-0.25, -0.2) is 0 Å². The van der Waals surface area contributed by atoms with E-state index in [9.17, 15) is 19.5 Å². The number of nitrogens with one attached hydrogen (secondary N) is 2. The van der Waals surface area contributed by atoms with Gasteiger partial charge in [0.1, 0.15) is 12.1 Å². The van der Waals surface area contributed by atoms with Crippen molar-refractivity contribution < 1.29 is 24.2 Å². The first-order valence-electron chi connectivity index (χ1n) is 15.1. The van der Waals surface area contributed by atoms with Crippen molar-refractivity contribution >= 4 is 34.2 Å². The number of benzene rings is 2. The fourth-order valence-corrected chi connectivity index (χ4v) is 8.12. The second kappa shape index (κ2) is 9.25. The van der Waals surface area contributed by atoms with E-state index >= 15 is 0 Å². The maximum atomic E-state index is 14.2. The molecule has 2 aromatic carbocycles. The first kappa shape index (κ1) is 26.6. The molecule has 0 saturated carbocycles. The van der Waals surface area contributed by atoms with E-state index in [-0.39, 0.29) is 24.3 Å². The lowest BCUT2D eigenvalue weighted by Gasteiger charge is -2.48. The number of fused-ring (bicyclic) bond motifs is 5. The molecule has 3 saturated heterocycles. The number of likely N-dealkylation sites (N-methyl/N-ethyl adjacent to an activating group) is 1. The molecular formula is C33H35N5O5. The largest absolute Gasteiger partial charge is 0.361 e. The summed E-state index contributed by atoms with van der Waals surface area (Å²) >= 11 is 0. The van der Waals surface area contributed by atoms with Crippen LogP contribution in [0, 0.1) is 5.92 Å². The Morgan fingerprint density at radius 3 is 2.79 bits per heavy atom.